The average Bonchev–Trinajstić information content (AvgIpc) is 2.13. The minimum atomic E-state index is -3.17. The predicted octanol–water partition coefficient (Wildman–Crippen LogP) is 0.133. The van der Waals surface area contributed by atoms with E-state index in [1.165, 1.54) is 4.90 Å². The zero-order chi connectivity index (χ0) is 13.6. The van der Waals surface area contributed by atoms with Crippen molar-refractivity contribution in [1.82, 2.24) is 4.90 Å². The van der Waals surface area contributed by atoms with Gasteiger partial charge in [-0.15, -0.1) is 0 Å². The molecule has 0 aromatic heterocycles. The Labute approximate surface area is 102 Å². The Morgan fingerprint density at radius 3 is 2.24 bits per heavy atom. The Morgan fingerprint density at radius 2 is 1.88 bits per heavy atom. The van der Waals surface area contributed by atoms with Gasteiger partial charge in [-0.25, -0.2) is 8.42 Å². The number of hydrogen-bond acceptors (Lipinski definition) is 4. The first-order chi connectivity index (χ1) is 7.67. The molecule has 6 nitrogen and oxygen atoms in total. The van der Waals surface area contributed by atoms with Crippen LogP contribution in [0.1, 0.15) is 26.7 Å². The van der Waals surface area contributed by atoms with Crippen LogP contribution in [0.15, 0.2) is 0 Å². The van der Waals surface area contributed by atoms with Crippen LogP contribution >= 0.6 is 0 Å². The number of carbonyl (C=O) groups excluding carboxylic acids is 1. The highest BCUT2D eigenvalue weighted by Gasteiger charge is 2.21. The normalized spacial score (nSPS) is 13.1. The zero-order valence-electron chi connectivity index (χ0n) is 10.3. The lowest BCUT2D eigenvalue weighted by Crippen LogP contribution is -2.40. The van der Waals surface area contributed by atoms with Crippen LogP contribution in [0.2, 0.25) is 0 Å². The molecule has 100 valence electrons. The third-order valence-electron chi connectivity index (χ3n) is 2.35. The minimum Gasteiger partial charge on any atom is -0.481 e. The summed E-state index contributed by atoms with van der Waals surface area (Å²) in [5, 5.41) is 8.64. The standard InChI is InChI=1S/C10H19NO5S/c1-4-11(8(2)7-10(13)14)9(12)5-6-17(3,15)16/h8H,4-7H2,1-3H3,(H,13,14). The molecule has 0 fully saturated rings. The molecule has 17 heavy (non-hydrogen) atoms. The van der Waals surface area contributed by atoms with E-state index in [2.05, 4.69) is 0 Å². The van der Waals surface area contributed by atoms with E-state index in [-0.39, 0.29) is 24.5 Å². The number of carboxylic acid groups (broad SMARTS) is 1. The highest BCUT2D eigenvalue weighted by molar-refractivity contribution is 7.90. The molecule has 0 saturated carbocycles. The van der Waals surface area contributed by atoms with Crippen molar-refractivity contribution in [2.45, 2.75) is 32.7 Å². The second-order valence-corrected chi connectivity index (χ2v) is 6.27. The Kier molecular flexibility index (Phi) is 6.15. The summed E-state index contributed by atoms with van der Waals surface area (Å²) in [5.74, 6) is -1.51. The van der Waals surface area contributed by atoms with Gasteiger partial charge in [-0.05, 0) is 13.8 Å². The van der Waals surface area contributed by atoms with Gasteiger partial charge < -0.3 is 10.0 Å². The molecule has 1 atom stereocenters. The van der Waals surface area contributed by atoms with Crippen molar-refractivity contribution in [2.24, 2.45) is 0 Å². The van der Waals surface area contributed by atoms with E-state index >= 15 is 0 Å². The quantitative estimate of drug-likeness (QED) is 0.706. The second kappa shape index (κ2) is 6.58. The van der Waals surface area contributed by atoms with E-state index < -0.39 is 21.8 Å². The Hall–Kier alpha value is -1.11. The molecule has 0 aliphatic carbocycles. The van der Waals surface area contributed by atoms with Gasteiger partial charge in [0.1, 0.15) is 9.84 Å². The molecule has 0 saturated heterocycles. The minimum absolute atomic E-state index is 0.101. The van der Waals surface area contributed by atoms with E-state index in [4.69, 9.17) is 5.11 Å². The molecule has 1 amide bonds. The molecule has 0 aliphatic rings. The lowest BCUT2D eigenvalue weighted by molar-refractivity contribution is -0.140. The number of hydrogen-bond donors (Lipinski definition) is 1. The van der Waals surface area contributed by atoms with Gasteiger partial charge >= 0.3 is 5.97 Å². The molecule has 0 aromatic carbocycles. The van der Waals surface area contributed by atoms with Gasteiger partial charge in [0.25, 0.3) is 0 Å². The van der Waals surface area contributed by atoms with Gasteiger partial charge in [0.05, 0.1) is 12.2 Å². The largest absolute Gasteiger partial charge is 0.481 e. The lowest BCUT2D eigenvalue weighted by Gasteiger charge is -2.27. The third kappa shape index (κ3) is 6.93. The van der Waals surface area contributed by atoms with E-state index in [1.807, 2.05) is 0 Å². The SMILES string of the molecule is CCN(C(=O)CCS(C)(=O)=O)C(C)CC(=O)O. The van der Waals surface area contributed by atoms with E-state index in [1.54, 1.807) is 13.8 Å². The summed E-state index contributed by atoms with van der Waals surface area (Å²) < 4.78 is 21.9. The maximum absolute atomic E-state index is 11.7. The summed E-state index contributed by atoms with van der Waals surface area (Å²) in [6, 6.07) is -0.426. The van der Waals surface area contributed by atoms with Gasteiger partial charge in [-0.2, -0.15) is 0 Å². The Morgan fingerprint density at radius 1 is 1.35 bits per heavy atom. The summed E-state index contributed by atoms with van der Waals surface area (Å²) in [6.07, 6.45) is 0.826. The number of carboxylic acids is 1. The maximum Gasteiger partial charge on any atom is 0.305 e. The number of sulfone groups is 1. The van der Waals surface area contributed by atoms with Gasteiger partial charge in [0.2, 0.25) is 5.91 Å². The molecular weight excluding hydrogens is 246 g/mol. The number of nitrogens with zero attached hydrogens (tertiary/aromatic N) is 1. The van der Waals surface area contributed by atoms with E-state index in [0.29, 0.717) is 6.54 Å². The maximum atomic E-state index is 11.7. The predicted molar refractivity (Wildman–Crippen MR) is 63.4 cm³/mol. The van der Waals surface area contributed by atoms with E-state index in [9.17, 15) is 18.0 Å². The molecule has 1 N–H and O–H groups in total. The fourth-order valence-electron chi connectivity index (χ4n) is 1.51. The molecule has 0 aliphatic heterocycles. The van der Waals surface area contributed by atoms with Crippen LogP contribution in [0.4, 0.5) is 0 Å². The molecule has 0 aromatic rings. The molecule has 0 bridgehead atoms. The first-order valence-corrected chi connectivity index (χ1v) is 7.42. The average molecular weight is 265 g/mol. The molecule has 0 radical (unpaired) electrons. The van der Waals surface area contributed by atoms with Crippen molar-refractivity contribution in [3.8, 4) is 0 Å². The summed E-state index contributed by atoms with van der Waals surface area (Å²) in [6.45, 7) is 3.74. The summed E-state index contributed by atoms with van der Waals surface area (Å²) in [4.78, 5) is 23.6. The van der Waals surface area contributed by atoms with Crippen molar-refractivity contribution >= 4 is 21.7 Å². The number of carbonyl (C=O) groups is 2. The molecule has 7 heteroatoms. The highest BCUT2D eigenvalue weighted by Crippen LogP contribution is 2.07. The van der Waals surface area contributed by atoms with Crippen LogP contribution in [-0.2, 0) is 19.4 Å². The van der Waals surface area contributed by atoms with Gasteiger partial charge in [-0.1, -0.05) is 0 Å². The van der Waals surface area contributed by atoms with Crippen molar-refractivity contribution in [3.63, 3.8) is 0 Å². The van der Waals surface area contributed by atoms with Crippen LogP contribution in [0.25, 0.3) is 0 Å². The molecule has 1 unspecified atom stereocenters. The first kappa shape index (κ1) is 15.9. The summed E-state index contributed by atoms with van der Waals surface area (Å²) >= 11 is 0. The number of rotatable bonds is 7. The topological polar surface area (TPSA) is 91.8 Å². The number of amides is 1. The Bertz CT molecular complexity index is 376. The van der Waals surface area contributed by atoms with Crippen LogP contribution in [0.3, 0.4) is 0 Å². The van der Waals surface area contributed by atoms with Gasteiger partial charge in [0, 0.05) is 25.3 Å². The lowest BCUT2D eigenvalue weighted by atomic mass is 10.2. The smallest absolute Gasteiger partial charge is 0.305 e. The molecule has 0 heterocycles. The third-order valence-corrected chi connectivity index (χ3v) is 3.30. The van der Waals surface area contributed by atoms with E-state index in [0.717, 1.165) is 6.26 Å². The van der Waals surface area contributed by atoms with Gasteiger partial charge in [0.15, 0.2) is 0 Å². The molecular formula is C10H19NO5S. The summed E-state index contributed by atoms with van der Waals surface area (Å²) in [7, 11) is -3.17. The monoisotopic (exact) mass is 265 g/mol. The summed E-state index contributed by atoms with van der Waals surface area (Å²) in [5.41, 5.74) is 0. The van der Waals surface area contributed by atoms with Crippen LogP contribution in [0.5, 0.6) is 0 Å². The van der Waals surface area contributed by atoms with Crippen molar-refractivity contribution in [1.29, 1.82) is 0 Å². The van der Waals surface area contributed by atoms with Crippen molar-refractivity contribution in [2.75, 3.05) is 18.6 Å². The highest BCUT2D eigenvalue weighted by atomic mass is 32.2. The fraction of sp³-hybridized carbons (Fsp3) is 0.800. The first-order valence-electron chi connectivity index (χ1n) is 5.36. The van der Waals surface area contributed by atoms with Crippen LogP contribution in [-0.4, -0.2) is 54.9 Å². The zero-order valence-corrected chi connectivity index (χ0v) is 11.2. The molecule has 0 rings (SSSR count). The van der Waals surface area contributed by atoms with Crippen LogP contribution < -0.4 is 0 Å². The van der Waals surface area contributed by atoms with Crippen LogP contribution in [0, 0.1) is 0 Å². The van der Waals surface area contributed by atoms with Crippen molar-refractivity contribution < 1.29 is 23.1 Å². The molecule has 0 spiro atoms. The van der Waals surface area contributed by atoms with Gasteiger partial charge in [-0.3, -0.25) is 9.59 Å². The fourth-order valence-corrected chi connectivity index (χ4v) is 2.06. The second-order valence-electron chi connectivity index (χ2n) is 4.01. The van der Waals surface area contributed by atoms with Crippen molar-refractivity contribution in [3.05, 3.63) is 0 Å². The Balaban J connectivity index is 4.45. The number of aliphatic carboxylic acids is 1.